The molecular weight excluding hydrogens is 244 g/mol. The van der Waals surface area contributed by atoms with Crippen LogP contribution in [0.2, 0.25) is 0 Å². The van der Waals surface area contributed by atoms with Gasteiger partial charge in [0.25, 0.3) is 0 Å². The van der Waals surface area contributed by atoms with E-state index in [0.29, 0.717) is 29.4 Å². The first kappa shape index (κ1) is 13.5. The Labute approximate surface area is 111 Å². The van der Waals surface area contributed by atoms with Crippen molar-refractivity contribution in [3.05, 3.63) is 34.4 Å². The Morgan fingerprint density at radius 1 is 1.32 bits per heavy atom. The zero-order valence-electron chi connectivity index (χ0n) is 11.1. The molecule has 4 heteroatoms. The average Bonchev–Trinajstić information content (AvgIpc) is 2.63. The summed E-state index contributed by atoms with van der Waals surface area (Å²) in [6.07, 6.45) is 5.26. The predicted molar refractivity (Wildman–Crippen MR) is 69.3 cm³/mol. The van der Waals surface area contributed by atoms with Crippen LogP contribution in [0.4, 0.5) is 0 Å². The fourth-order valence-electron chi connectivity index (χ4n) is 2.34. The fourth-order valence-corrected chi connectivity index (χ4v) is 2.34. The van der Waals surface area contributed by atoms with E-state index < -0.39 is 12.1 Å². The highest BCUT2D eigenvalue weighted by Crippen LogP contribution is 2.28. The lowest BCUT2D eigenvalue weighted by molar-refractivity contribution is -0.138. The van der Waals surface area contributed by atoms with Crippen molar-refractivity contribution in [2.24, 2.45) is 0 Å². The van der Waals surface area contributed by atoms with Crippen LogP contribution < -0.4 is 0 Å². The highest BCUT2D eigenvalue weighted by atomic mass is 16.5. The smallest absolute Gasteiger partial charge is 0.335 e. The van der Waals surface area contributed by atoms with E-state index in [1.165, 1.54) is 0 Å². The van der Waals surface area contributed by atoms with Gasteiger partial charge < -0.3 is 4.74 Å². The van der Waals surface area contributed by atoms with E-state index in [-0.39, 0.29) is 12.2 Å². The van der Waals surface area contributed by atoms with Gasteiger partial charge in [-0.05, 0) is 38.3 Å². The summed E-state index contributed by atoms with van der Waals surface area (Å²) in [5.74, 6) is -0.661. The summed E-state index contributed by atoms with van der Waals surface area (Å²) in [5, 5.41) is 0. The van der Waals surface area contributed by atoms with Crippen LogP contribution in [0.25, 0.3) is 0 Å². The van der Waals surface area contributed by atoms with Gasteiger partial charge in [0, 0.05) is 17.6 Å². The van der Waals surface area contributed by atoms with Gasteiger partial charge in [0.15, 0.2) is 5.78 Å². The lowest BCUT2D eigenvalue weighted by Crippen LogP contribution is -2.17. The van der Waals surface area contributed by atoms with Gasteiger partial charge in [-0.1, -0.05) is 11.6 Å². The van der Waals surface area contributed by atoms with E-state index in [1.54, 1.807) is 13.0 Å². The number of hydrogen-bond donors (Lipinski definition) is 0. The van der Waals surface area contributed by atoms with Crippen molar-refractivity contribution in [1.29, 1.82) is 0 Å². The predicted octanol–water partition coefficient (Wildman–Crippen LogP) is 2.05. The number of rotatable bonds is 1. The fraction of sp³-hybridized carbons (Fsp3) is 0.400. The number of aldehydes is 1. The van der Waals surface area contributed by atoms with Crippen LogP contribution in [0.3, 0.4) is 0 Å². The molecule has 0 saturated carbocycles. The maximum absolute atomic E-state index is 12.2. The Hall–Kier alpha value is -1.97. The van der Waals surface area contributed by atoms with Crippen LogP contribution in [-0.4, -0.2) is 24.1 Å². The molecule has 4 nitrogen and oxygen atoms in total. The molecule has 0 fully saturated rings. The van der Waals surface area contributed by atoms with Gasteiger partial charge in [-0.3, -0.25) is 9.59 Å². The number of ketones is 1. The number of Topliss-reactive ketones (excluding diaryl/α,β-unsaturated/α-hetero) is 1. The monoisotopic (exact) mass is 260 g/mol. The average molecular weight is 260 g/mol. The molecule has 1 atom stereocenters. The summed E-state index contributed by atoms with van der Waals surface area (Å²) < 4.78 is 5.20. The van der Waals surface area contributed by atoms with Crippen LogP contribution in [0.5, 0.6) is 0 Å². The van der Waals surface area contributed by atoms with Gasteiger partial charge in [-0.2, -0.15) is 0 Å². The van der Waals surface area contributed by atoms with Crippen LogP contribution in [0.1, 0.15) is 33.1 Å². The number of allylic oxidation sites excluding steroid dienone is 3. The normalized spacial score (nSPS) is 24.4. The van der Waals surface area contributed by atoms with Crippen molar-refractivity contribution in [3.8, 4) is 0 Å². The van der Waals surface area contributed by atoms with Gasteiger partial charge >= 0.3 is 5.97 Å². The molecule has 0 amide bonds. The van der Waals surface area contributed by atoms with Crippen molar-refractivity contribution in [2.75, 3.05) is 0 Å². The third kappa shape index (κ3) is 2.72. The molecule has 100 valence electrons. The van der Waals surface area contributed by atoms with E-state index >= 15 is 0 Å². The second-order valence-corrected chi connectivity index (χ2v) is 4.91. The van der Waals surface area contributed by atoms with Gasteiger partial charge in [0.2, 0.25) is 0 Å². The Morgan fingerprint density at radius 3 is 2.74 bits per heavy atom. The first-order valence-electron chi connectivity index (χ1n) is 6.29. The number of carbonyl (C=O) groups is 3. The number of hydrogen-bond acceptors (Lipinski definition) is 4. The van der Waals surface area contributed by atoms with Crippen LogP contribution >= 0.6 is 0 Å². The minimum atomic E-state index is -0.592. The maximum atomic E-state index is 12.2. The Balaban J connectivity index is 2.44. The lowest BCUT2D eigenvalue weighted by atomic mass is 9.93. The summed E-state index contributed by atoms with van der Waals surface area (Å²) in [4.78, 5) is 34.8. The largest absolute Gasteiger partial charge is 0.450 e. The van der Waals surface area contributed by atoms with E-state index in [0.717, 1.165) is 12.0 Å². The minimum absolute atomic E-state index is 0.0379. The minimum Gasteiger partial charge on any atom is -0.450 e. The topological polar surface area (TPSA) is 60.4 Å². The highest BCUT2D eigenvalue weighted by molar-refractivity contribution is 6.09. The van der Waals surface area contributed by atoms with Crippen molar-refractivity contribution in [1.82, 2.24) is 0 Å². The maximum Gasteiger partial charge on any atom is 0.335 e. The molecule has 2 rings (SSSR count). The number of esters is 1. The summed E-state index contributed by atoms with van der Waals surface area (Å²) in [6, 6.07) is 0. The first-order chi connectivity index (χ1) is 9.02. The van der Waals surface area contributed by atoms with Gasteiger partial charge in [0.05, 0.1) is 0 Å². The van der Waals surface area contributed by atoms with Gasteiger partial charge in [0.1, 0.15) is 12.4 Å². The molecule has 0 spiro atoms. The molecule has 0 saturated heterocycles. The summed E-state index contributed by atoms with van der Waals surface area (Å²) >= 11 is 0. The standard InChI is InChI=1S/C15H16O4/c1-9-4-3-5-11(8-16)7-12(17)14-10(2)15(18)19-13(14)6-9/h5-6,8,13H,3-4,7H2,1-2H3. The number of carbonyl (C=O) groups excluding carboxylic acids is 3. The lowest BCUT2D eigenvalue weighted by Gasteiger charge is -2.13. The van der Waals surface area contributed by atoms with Crippen LogP contribution in [-0.2, 0) is 19.1 Å². The molecule has 0 aromatic rings. The van der Waals surface area contributed by atoms with Crippen molar-refractivity contribution < 1.29 is 19.1 Å². The van der Waals surface area contributed by atoms with Crippen LogP contribution in [0, 0.1) is 0 Å². The number of fused-ring (bicyclic) bond motifs is 1. The Bertz CT molecular complexity index is 534. The van der Waals surface area contributed by atoms with E-state index in [9.17, 15) is 14.4 Å². The molecule has 0 radical (unpaired) electrons. The summed E-state index contributed by atoms with van der Waals surface area (Å²) in [7, 11) is 0. The van der Waals surface area contributed by atoms with Crippen molar-refractivity contribution in [3.63, 3.8) is 0 Å². The molecule has 0 bridgehead atoms. The molecule has 0 N–H and O–H groups in total. The second-order valence-electron chi connectivity index (χ2n) is 4.91. The van der Waals surface area contributed by atoms with E-state index in [4.69, 9.17) is 4.74 Å². The third-order valence-corrected chi connectivity index (χ3v) is 3.43. The molecule has 0 aromatic carbocycles. The van der Waals surface area contributed by atoms with Crippen LogP contribution in [0.15, 0.2) is 34.4 Å². The van der Waals surface area contributed by atoms with Crippen molar-refractivity contribution >= 4 is 18.0 Å². The first-order valence-corrected chi connectivity index (χ1v) is 6.29. The third-order valence-electron chi connectivity index (χ3n) is 3.43. The molecule has 1 unspecified atom stereocenters. The van der Waals surface area contributed by atoms with Crippen molar-refractivity contribution in [2.45, 2.75) is 39.2 Å². The molecule has 19 heavy (non-hydrogen) atoms. The number of ether oxygens (including phenoxy) is 1. The summed E-state index contributed by atoms with van der Waals surface area (Å²) in [5.41, 5.74) is 2.25. The zero-order chi connectivity index (χ0) is 14.0. The second kappa shape index (κ2) is 5.34. The Kier molecular flexibility index (Phi) is 3.79. The molecule has 1 heterocycles. The molecule has 1 aliphatic heterocycles. The molecule has 2 aliphatic rings. The quantitative estimate of drug-likeness (QED) is 0.411. The molecule has 0 aromatic heterocycles. The molecular formula is C15H16O4. The highest BCUT2D eigenvalue weighted by Gasteiger charge is 2.34. The van der Waals surface area contributed by atoms with E-state index in [2.05, 4.69) is 0 Å². The Morgan fingerprint density at radius 2 is 2.05 bits per heavy atom. The van der Waals surface area contributed by atoms with Gasteiger partial charge in [-0.25, -0.2) is 4.79 Å². The van der Waals surface area contributed by atoms with Gasteiger partial charge in [-0.15, -0.1) is 0 Å². The zero-order valence-corrected chi connectivity index (χ0v) is 11.1. The van der Waals surface area contributed by atoms with E-state index in [1.807, 2.05) is 13.0 Å². The molecule has 1 aliphatic carbocycles. The summed E-state index contributed by atoms with van der Waals surface area (Å²) in [6.45, 7) is 3.52. The SMILES string of the molecule is CC1=CC2OC(=O)C(C)=C2C(=O)CC(C=O)=CCC1.